The summed E-state index contributed by atoms with van der Waals surface area (Å²) in [5.74, 6) is -0.595. The Hall–Kier alpha value is -2.61. The van der Waals surface area contributed by atoms with Gasteiger partial charge in [0.15, 0.2) is 0 Å². The van der Waals surface area contributed by atoms with Crippen LogP contribution in [0.15, 0.2) is 30.3 Å². The van der Waals surface area contributed by atoms with E-state index >= 15 is 0 Å². The van der Waals surface area contributed by atoms with Gasteiger partial charge in [0.2, 0.25) is 0 Å². The molecule has 0 fully saturated rings. The van der Waals surface area contributed by atoms with Crippen molar-refractivity contribution >= 4 is 22.7 Å². The highest BCUT2D eigenvalue weighted by Gasteiger charge is 2.19. The standard InChI is InChI=1S/C16H17N3O2/c1-2-3-7-14(16(20)21)19-15-12(10-17)9-11-6-4-5-8-13(11)18-15/h4-6,8-9,14H,2-3,7H2,1H3,(H,18,19)(H,20,21). The maximum Gasteiger partial charge on any atom is 0.326 e. The number of pyridine rings is 1. The quantitative estimate of drug-likeness (QED) is 0.850. The van der Waals surface area contributed by atoms with Crippen LogP contribution in [0.5, 0.6) is 0 Å². The van der Waals surface area contributed by atoms with Gasteiger partial charge in [-0.25, -0.2) is 9.78 Å². The summed E-state index contributed by atoms with van der Waals surface area (Å²) in [6, 6.07) is 10.5. The molecule has 1 unspecified atom stereocenters. The van der Waals surface area contributed by atoms with Crippen molar-refractivity contribution in [2.75, 3.05) is 5.32 Å². The van der Waals surface area contributed by atoms with Gasteiger partial charge < -0.3 is 10.4 Å². The number of fused-ring (bicyclic) bond motifs is 1. The minimum absolute atomic E-state index is 0.333. The van der Waals surface area contributed by atoms with Crippen molar-refractivity contribution in [1.29, 1.82) is 5.26 Å². The van der Waals surface area contributed by atoms with E-state index in [-0.39, 0.29) is 0 Å². The number of carbonyl (C=O) groups is 1. The molecule has 1 aromatic heterocycles. The number of carboxylic acids is 1. The number of carboxylic acid groups (broad SMARTS) is 1. The van der Waals surface area contributed by atoms with Crippen molar-refractivity contribution in [3.05, 3.63) is 35.9 Å². The van der Waals surface area contributed by atoms with Crippen LogP contribution in [-0.4, -0.2) is 22.1 Å². The third-order valence-corrected chi connectivity index (χ3v) is 3.30. The van der Waals surface area contributed by atoms with E-state index in [1.54, 1.807) is 6.07 Å². The molecule has 0 aliphatic rings. The number of hydrogen-bond acceptors (Lipinski definition) is 4. The fourth-order valence-corrected chi connectivity index (χ4v) is 2.14. The van der Waals surface area contributed by atoms with Crippen LogP contribution >= 0.6 is 0 Å². The zero-order valence-corrected chi connectivity index (χ0v) is 11.8. The van der Waals surface area contributed by atoms with Gasteiger partial charge in [0.05, 0.1) is 11.1 Å². The lowest BCUT2D eigenvalue weighted by Crippen LogP contribution is -2.30. The zero-order chi connectivity index (χ0) is 15.2. The second-order valence-corrected chi connectivity index (χ2v) is 4.87. The van der Waals surface area contributed by atoms with Crippen molar-refractivity contribution in [2.24, 2.45) is 0 Å². The van der Waals surface area contributed by atoms with Gasteiger partial charge in [-0.2, -0.15) is 5.26 Å². The summed E-state index contributed by atoms with van der Waals surface area (Å²) in [6.45, 7) is 2.01. The lowest BCUT2D eigenvalue weighted by atomic mass is 10.1. The van der Waals surface area contributed by atoms with Gasteiger partial charge in [-0.15, -0.1) is 0 Å². The van der Waals surface area contributed by atoms with Crippen LogP contribution in [0.25, 0.3) is 10.9 Å². The number of hydrogen-bond donors (Lipinski definition) is 2. The van der Waals surface area contributed by atoms with Gasteiger partial charge in [0.1, 0.15) is 17.9 Å². The Balaban J connectivity index is 2.35. The minimum atomic E-state index is -0.928. The molecule has 2 rings (SSSR count). The summed E-state index contributed by atoms with van der Waals surface area (Å²) < 4.78 is 0. The van der Waals surface area contributed by atoms with Crippen molar-refractivity contribution < 1.29 is 9.90 Å². The molecule has 2 aromatic rings. The van der Waals surface area contributed by atoms with E-state index in [0.717, 1.165) is 23.7 Å². The van der Waals surface area contributed by atoms with Crippen LogP contribution in [-0.2, 0) is 4.79 Å². The van der Waals surface area contributed by atoms with Crippen molar-refractivity contribution in [3.8, 4) is 6.07 Å². The summed E-state index contributed by atoms with van der Waals surface area (Å²) in [4.78, 5) is 15.7. The fourth-order valence-electron chi connectivity index (χ4n) is 2.14. The molecule has 1 aromatic carbocycles. The van der Waals surface area contributed by atoms with Crippen LogP contribution in [0.2, 0.25) is 0 Å². The smallest absolute Gasteiger partial charge is 0.326 e. The first kappa shape index (κ1) is 14.8. The van der Waals surface area contributed by atoms with Crippen LogP contribution in [0.1, 0.15) is 31.7 Å². The SMILES string of the molecule is CCCCC(Nc1nc2ccccc2cc1C#N)C(=O)O. The first-order valence-electron chi connectivity index (χ1n) is 6.95. The predicted octanol–water partition coefficient (Wildman–Crippen LogP) is 3.16. The van der Waals surface area contributed by atoms with Crippen LogP contribution in [0, 0.1) is 11.3 Å². The molecule has 0 amide bonds. The molecule has 108 valence electrons. The van der Waals surface area contributed by atoms with Crippen LogP contribution < -0.4 is 5.32 Å². The molecule has 0 spiro atoms. The highest BCUT2D eigenvalue weighted by molar-refractivity contribution is 5.84. The van der Waals surface area contributed by atoms with E-state index in [0.29, 0.717) is 17.8 Å². The fraction of sp³-hybridized carbons (Fsp3) is 0.312. The Bertz CT molecular complexity index is 691. The predicted molar refractivity (Wildman–Crippen MR) is 81.0 cm³/mol. The lowest BCUT2D eigenvalue weighted by Gasteiger charge is -2.16. The third-order valence-electron chi connectivity index (χ3n) is 3.30. The second-order valence-electron chi connectivity index (χ2n) is 4.87. The van der Waals surface area contributed by atoms with E-state index in [1.165, 1.54) is 0 Å². The maximum atomic E-state index is 11.3. The summed E-state index contributed by atoms with van der Waals surface area (Å²) >= 11 is 0. The second kappa shape index (κ2) is 6.71. The molecule has 0 aliphatic heterocycles. The number of para-hydroxylation sites is 1. The number of aliphatic carboxylic acids is 1. The normalized spacial score (nSPS) is 11.8. The Kier molecular flexibility index (Phi) is 4.72. The number of nitrogens with one attached hydrogen (secondary N) is 1. The molecular weight excluding hydrogens is 266 g/mol. The average molecular weight is 283 g/mol. The molecule has 0 bridgehead atoms. The molecule has 5 heteroatoms. The van der Waals surface area contributed by atoms with Crippen LogP contribution in [0.4, 0.5) is 5.82 Å². The van der Waals surface area contributed by atoms with Gasteiger partial charge in [-0.05, 0) is 18.6 Å². The number of aromatic nitrogens is 1. The number of anilines is 1. The summed E-state index contributed by atoms with van der Waals surface area (Å²) in [5, 5.41) is 22.2. The third kappa shape index (κ3) is 3.48. The molecule has 0 radical (unpaired) electrons. The minimum Gasteiger partial charge on any atom is -0.480 e. The number of nitriles is 1. The first-order chi connectivity index (χ1) is 10.2. The Morgan fingerprint density at radius 3 is 2.90 bits per heavy atom. The summed E-state index contributed by atoms with van der Waals surface area (Å²) in [6.07, 6.45) is 2.23. The summed E-state index contributed by atoms with van der Waals surface area (Å²) in [7, 11) is 0. The van der Waals surface area contributed by atoms with Crippen LogP contribution in [0.3, 0.4) is 0 Å². The number of rotatable bonds is 6. The molecule has 5 nitrogen and oxygen atoms in total. The number of unbranched alkanes of at least 4 members (excludes halogenated alkanes) is 1. The van der Waals surface area contributed by atoms with E-state index < -0.39 is 12.0 Å². The molecule has 0 aliphatic carbocycles. The van der Waals surface area contributed by atoms with Gasteiger partial charge in [0, 0.05) is 5.39 Å². The van der Waals surface area contributed by atoms with E-state index in [2.05, 4.69) is 16.4 Å². The monoisotopic (exact) mass is 283 g/mol. The molecule has 0 saturated carbocycles. The Labute approximate surface area is 123 Å². The van der Waals surface area contributed by atoms with Crippen molar-refractivity contribution in [3.63, 3.8) is 0 Å². The molecule has 0 saturated heterocycles. The topological polar surface area (TPSA) is 86.0 Å². The van der Waals surface area contributed by atoms with E-state index in [4.69, 9.17) is 0 Å². The van der Waals surface area contributed by atoms with Gasteiger partial charge in [0.25, 0.3) is 0 Å². The van der Waals surface area contributed by atoms with Gasteiger partial charge in [-0.1, -0.05) is 38.0 Å². The number of nitrogens with zero attached hydrogens (tertiary/aromatic N) is 2. The number of benzene rings is 1. The molecule has 1 atom stereocenters. The van der Waals surface area contributed by atoms with Crippen molar-refractivity contribution in [1.82, 2.24) is 4.98 Å². The maximum absolute atomic E-state index is 11.3. The molecule has 1 heterocycles. The largest absolute Gasteiger partial charge is 0.480 e. The zero-order valence-electron chi connectivity index (χ0n) is 11.8. The highest BCUT2D eigenvalue weighted by Crippen LogP contribution is 2.21. The van der Waals surface area contributed by atoms with E-state index in [1.807, 2.05) is 31.2 Å². The average Bonchev–Trinajstić information content (AvgIpc) is 2.50. The van der Waals surface area contributed by atoms with Crippen molar-refractivity contribution in [2.45, 2.75) is 32.2 Å². The highest BCUT2D eigenvalue weighted by atomic mass is 16.4. The Morgan fingerprint density at radius 1 is 1.48 bits per heavy atom. The van der Waals surface area contributed by atoms with Gasteiger partial charge in [-0.3, -0.25) is 0 Å². The Morgan fingerprint density at radius 2 is 2.24 bits per heavy atom. The lowest BCUT2D eigenvalue weighted by molar-refractivity contribution is -0.138. The first-order valence-corrected chi connectivity index (χ1v) is 6.95. The molecule has 2 N–H and O–H groups in total. The van der Waals surface area contributed by atoms with Gasteiger partial charge >= 0.3 is 5.97 Å². The molecular formula is C16H17N3O2. The van der Waals surface area contributed by atoms with E-state index in [9.17, 15) is 15.2 Å². The summed E-state index contributed by atoms with van der Waals surface area (Å²) in [5.41, 5.74) is 1.09. The molecule has 21 heavy (non-hydrogen) atoms.